The van der Waals surface area contributed by atoms with E-state index in [0.29, 0.717) is 12.2 Å². The maximum atomic E-state index is 12.0. The van der Waals surface area contributed by atoms with Gasteiger partial charge in [0.05, 0.1) is 0 Å². The van der Waals surface area contributed by atoms with Crippen molar-refractivity contribution in [2.45, 2.75) is 25.2 Å². The molecule has 5 nitrogen and oxygen atoms in total. The zero-order chi connectivity index (χ0) is 15.3. The monoisotopic (exact) mass is 303 g/mol. The molecule has 1 aromatic carbocycles. The third-order valence-electron chi connectivity index (χ3n) is 2.98. The molecule has 1 aromatic rings. The minimum absolute atomic E-state index is 0.0617. The molecule has 0 spiro atoms. The second-order valence-electron chi connectivity index (χ2n) is 4.71. The summed E-state index contributed by atoms with van der Waals surface area (Å²) >= 11 is 0. The topological polar surface area (TPSA) is 62.4 Å². The van der Waals surface area contributed by atoms with Crippen molar-refractivity contribution >= 4 is 11.7 Å². The van der Waals surface area contributed by atoms with E-state index < -0.39 is 6.36 Å². The van der Waals surface area contributed by atoms with Crippen LogP contribution >= 0.6 is 0 Å². The van der Waals surface area contributed by atoms with Gasteiger partial charge in [0.1, 0.15) is 5.75 Å². The third-order valence-corrected chi connectivity index (χ3v) is 2.98. The molecule has 0 saturated carbocycles. The summed E-state index contributed by atoms with van der Waals surface area (Å²) in [4.78, 5) is 11.7. The Kier molecular flexibility index (Phi) is 4.89. The second-order valence-corrected chi connectivity index (χ2v) is 4.71. The molecular weight excluding hydrogens is 287 g/mol. The van der Waals surface area contributed by atoms with E-state index in [4.69, 9.17) is 0 Å². The molecule has 0 radical (unpaired) electrons. The molecule has 0 bridgehead atoms. The molecule has 116 valence electrons. The molecule has 1 saturated heterocycles. The van der Waals surface area contributed by atoms with Crippen LogP contribution in [0.15, 0.2) is 24.3 Å². The number of benzene rings is 1. The maximum absolute atomic E-state index is 12.0. The first-order chi connectivity index (χ1) is 9.92. The van der Waals surface area contributed by atoms with E-state index in [1.165, 1.54) is 12.1 Å². The number of carbonyl (C=O) groups excluding carboxylic acids is 1. The minimum Gasteiger partial charge on any atom is -0.406 e. The summed E-state index contributed by atoms with van der Waals surface area (Å²) in [6.45, 7) is 1.66. The summed E-state index contributed by atoms with van der Waals surface area (Å²) in [5, 5.41) is 8.53. The lowest BCUT2D eigenvalue weighted by Crippen LogP contribution is -2.47. The number of piperidine rings is 1. The first-order valence-corrected chi connectivity index (χ1v) is 6.56. The number of nitrogens with one attached hydrogen (secondary N) is 3. The number of rotatable bonds is 3. The Balaban J connectivity index is 1.83. The first-order valence-electron chi connectivity index (χ1n) is 6.56. The lowest BCUT2D eigenvalue weighted by atomic mass is 10.1. The van der Waals surface area contributed by atoms with E-state index in [9.17, 15) is 18.0 Å². The van der Waals surface area contributed by atoms with Gasteiger partial charge in [-0.1, -0.05) is 0 Å². The van der Waals surface area contributed by atoms with Crippen LogP contribution in [0.5, 0.6) is 5.75 Å². The molecule has 0 aliphatic carbocycles. The third kappa shape index (κ3) is 5.50. The Morgan fingerprint density at radius 2 is 2.00 bits per heavy atom. The van der Waals surface area contributed by atoms with Crippen LogP contribution in [0, 0.1) is 0 Å². The lowest BCUT2D eigenvalue weighted by Gasteiger charge is -2.23. The predicted octanol–water partition coefficient (Wildman–Crippen LogP) is 2.46. The summed E-state index contributed by atoms with van der Waals surface area (Å²) in [5.41, 5.74) is 0.394. The zero-order valence-corrected chi connectivity index (χ0v) is 11.2. The van der Waals surface area contributed by atoms with Crippen LogP contribution in [0.25, 0.3) is 0 Å². The summed E-state index contributed by atoms with van der Waals surface area (Å²) in [5.74, 6) is -0.329. The van der Waals surface area contributed by atoms with Gasteiger partial charge in [-0.05, 0) is 43.7 Å². The predicted molar refractivity (Wildman–Crippen MR) is 71.2 cm³/mol. The van der Waals surface area contributed by atoms with Gasteiger partial charge in [-0.25, -0.2) is 4.79 Å². The molecule has 1 heterocycles. The number of ether oxygens (including phenoxy) is 1. The van der Waals surface area contributed by atoms with E-state index in [2.05, 4.69) is 20.7 Å². The van der Waals surface area contributed by atoms with Gasteiger partial charge in [-0.2, -0.15) is 0 Å². The molecule has 2 rings (SSSR count). The number of hydrogen-bond acceptors (Lipinski definition) is 3. The Morgan fingerprint density at radius 1 is 1.29 bits per heavy atom. The van der Waals surface area contributed by atoms with Crippen molar-refractivity contribution in [3.8, 4) is 5.75 Å². The number of hydrogen-bond donors (Lipinski definition) is 3. The van der Waals surface area contributed by atoms with Crippen LogP contribution in [0.2, 0.25) is 0 Å². The molecule has 1 unspecified atom stereocenters. The highest BCUT2D eigenvalue weighted by molar-refractivity contribution is 5.89. The fraction of sp³-hybridized carbons (Fsp3) is 0.462. The van der Waals surface area contributed by atoms with Crippen LogP contribution in [0.4, 0.5) is 23.7 Å². The zero-order valence-electron chi connectivity index (χ0n) is 11.2. The van der Waals surface area contributed by atoms with Crippen molar-refractivity contribution in [1.29, 1.82) is 0 Å². The largest absolute Gasteiger partial charge is 0.573 e. The van der Waals surface area contributed by atoms with Crippen LogP contribution in [-0.2, 0) is 0 Å². The van der Waals surface area contributed by atoms with Gasteiger partial charge >= 0.3 is 12.4 Å². The highest BCUT2D eigenvalue weighted by atomic mass is 19.4. The van der Waals surface area contributed by atoms with Crippen molar-refractivity contribution in [2.24, 2.45) is 0 Å². The Hall–Kier alpha value is -1.96. The van der Waals surface area contributed by atoms with Crippen LogP contribution in [0.3, 0.4) is 0 Å². The minimum atomic E-state index is -4.72. The molecule has 2 amide bonds. The summed E-state index contributed by atoms with van der Waals surface area (Å²) in [7, 11) is 0. The summed E-state index contributed by atoms with van der Waals surface area (Å²) < 4.78 is 39.8. The normalized spacial score (nSPS) is 18.9. The van der Waals surface area contributed by atoms with Crippen LogP contribution in [0.1, 0.15) is 12.8 Å². The average Bonchev–Trinajstić information content (AvgIpc) is 2.40. The number of carbonyl (C=O) groups is 1. The fourth-order valence-electron chi connectivity index (χ4n) is 2.07. The highest BCUT2D eigenvalue weighted by Gasteiger charge is 2.30. The van der Waals surface area contributed by atoms with Crippen molar-refractivity contribution in [3.63, 3.8) is 0 Å². The molecule has 0 aromatic heterocycles. The van der Waals surface area contributed by atoms with Gasteiger partial charge < -0.3 is 20.7 Å². The molecular formula is C13H16F3N3O2. The van der Waals surface area contributed by atoms with Gasteiger partial charge in [0.25, 0.3) is 0 Å². The molecule has 1 atom stereocenters. The van der Waals surface area contributed by atoms with Crippen molar-refractivity contribution in [2.75, 3.05) is 18.4 Å². The van der Waals surface area contributed by atoms with Gasteiger partial charge in [0.2, 0.25) is 0 Å². The Bertz CT molecular complexity index is 471. The molecule has 21 heavy (non-hydrogen) atoms. The van der Waals surface area contributed by atoms with Gasteiger partial charge in [0.15, 0.2) is 0 Å². The van der Waals surface area contributed by atoms with E-state index in [-0.39, 0.29) is 17.8 Å². The highest BCUT2D eigenvalue weighted by Crippen LogP contribution is 2.23. The van der Waals surface area contributed by atoms with Crippen molar-refractivity contribution in [3.05, 3.63) is 24.3 Å². The number of amides is 2. The number of halogens is 3. The summed E-state index contributed by atoms with van der Waals surface area (Å²) in [6.07, 6.45) is -2.83. The fourth-order valence-corrected chi connectivity index (χ4v) is 2.07. The lowest BCUT2D eigenvalue weighted by molar-refractivity contribution is -0.274. The SMILES string of the molecule is O=C(Nc1ccc(OC(F)(F)F)cc1)NC1CCCNC1. The van der Waals surface area contributed by atoms with E-state index >= 15 is 0 Å². The molecule has 1 aliphatic rings. The molecule has 3 N–H and O–H groups in total. The van der Waals surface area contributed by atoms with Crippen LogP contribution in [-0.4, -0.2) is 31.5 Å². The molecule has 1 aliphatic heterocycles. The van der Waals surface area contributed by atoms with E-state index in [0.717, 1.165) is 31.5 Å². The van der Waals surface area contributed by atoms with Crippen molar-refractivity contribution in [1.82, 2.24) is 10.6 Å². The first kappa shape index (κ1) is 15.4. The van der Waals surface area contributed by atoms with Crippen LogP contribution < -0.4 is 20.7 Å². The number of anilines is 1. The van der Waals surface area contributed by atoms with Gasteiger partial charge in [-0.3, -0.25) is 0 Å². The molecule has 8 heteroatoms. The Labute approximate surface area is 119 Å². The summed E-state index contributed by atoms with van der Waals surface area (Å²) in [6, 6.07) is 4.66. The van der Waals surface area contributed by atoms with Crippen molar-refractivity contribution < 1.29 is 22.7 Å². The standard InChI is InChI=1S/C13H16F3N3O2/c14-13(15,16)21-11-5-3-9(4-6-11)18-12(20)19-10-2-1-7-17-8-10/h3-6,10,17H,1-2,7-8H2,(H2,18,19,20). The van der Waals surface area contributed by atoms with E-state index in [1.54, 1.807) is 0 Å². The second kappa shape index (κ2) is 6.66. The molecule has 1 fully saturated rings. The quantitative estimate of drug-likeness (QED) is 0.804. The van der Waals surface area contributed by atoms with E-state index in [1.807, 2.05) is 0 Å². The maximum Gasteiger partial charge on any atom is 0.573 e. The number of urea groups is 1. The average molecular weight is 303 g/mol. The Morgan fingerprint density at radius 3 is 2.57 bits per heavy atom. The van der Waals surface area contributed by atoms with Gasteiger partial charge in [-0.15, -0.1) is 13.2 Å². The number of alkyl halides is 3. The smallest absolute Gasteiger partial charge is 0.406 e. The van der Waals surface area contributed by atoms with Gasteiger partial charge in [0, 0.05) is 18.3 Å².